The number of carbonyl (C=O) groups is 1. The molecular weight excluding hydrogens is 362 g/mol. The third-order valence-corrected chi connectivity index (χ3v) is 4.97. The van der Waals surface area contributed by atoms with E-state index in [4.69, 9.17) is 16.3 Å². The molecule has 0 spiro atoms. The summed E-state index contributed by atoms with van der Waals surface area (Å²) in [6, 6.07) is 12.8. The zero-order valence-corrected chi connectivity index (χ0v) is 16.4. The smallest absolute Gasteiger partial charge is 0.159 e. The van der Waals surface area contributed by atoms with Crippen molar-refractivity contribution in [3.8, 4) is 11.4 Å². The number of rotatable bonds is 3. The minimum absolute atomic E-state index is 0.375. The van der Waals surface area contributed by atoms with Crippen molar-refractivity contribution in [1.29, 1.82) is 0 Å². The normalized spacial score (nSPS) is 14.5. The topological polar surface area (TPSA) is 47.4 Å². The number of fused-ring (bicyclic) bond motifs is 1. The molecule has 1 saturated heterocycles. The molecule has 1 aliphatic rings. The number of aromatic nitrogens is 2. The molecule has 2 heterocycles. The number of nitrogens with zero attached hydrogens (tertiary/aromatic N) is 3. The molecule has 0 radical (unpaired) electrons. The lowest BCUT2D eigenvalue weighted by atomic mass is 10.1. The van der Waals surface area contributed by atoms with Gasteiger partial charge in [0, 0.05) is 10.9 Å². The van der Waals surface area contributed by atoms with Crippen LogP contribution in [-0.2, 0) is 0 Å². The molecule has 27 heavy (non-hydrogen) atoms. The van der Waals surface area contributed by atoms with Gasteiger partial charge >= 0.3 is 0 Å². The van der Waals surface area contributed by atoms with Crippen molar-refractivity contribution < 1.29 is 9.53 Å². The molecule has 142 valence electrons. The van der Waals surface area contributed by atoms with Crippen LogP contribution in [0, 0.1) is 0 Å². The summed E-state index contributed by atoms with van der Waals surface area (Å²) in [6.45, 7) is 2.64. The number of hydrogen-bond acceptors (Lipinski definition) is 4. The molecule has 1 aromatic heterocycles. The van der Waals surface area contributed by atoms with Crippen LogP contribution in [-0.4, -0.2) is 48.2 Å². The second-order valence-corrected chi connectivity index (χ2v) is 7.02. The third kappa shape index (κ3) is 4.67. The van der Waals surface area contributed by atoms with Crippen molar-refractivity contribution in [2.75, 3.05) is 27.2 Å². The first-order chi connectivity index (χ1) is 13.1. The van der Waals surface area contributed by atoms with Crippen molar-refractivity contribution in [3.05, 3.63) is 53.2 Å². The number of ether oxygens (including phenoxy) is 1. The van der Waals surface area contributed by atoms with Crippen LogP contribution >= 0.6 is 11.6 Å². The predicted octanol–water partition coefficient (Wildman–Crippen LogP) is 4.60. The summed E-state index contributed by atoms with van der Waals surface area (Å²) >= 11 is 6.14. The van der Waals surface area contributed by atoms with Crippen LogP contribution in [0.15, 0.2) is 42.5 Å². The van der Waals surface area contributed by atoms with Crippen LogP contribution in [0.2, 0.25) is 5.15 Å². The van der Waals surface area contributed by atoms with E-state index in [2.05, 4.69) is 17.0 Å². The zero-order valence-electron chi connectivity index (χ0n) is 15.7. The van der Waals surface area contributed by atoms with Gasteiger partial charge in [0.2, 0.25) is 0 Å². The molecule has 0 saturated carbocycles. The van der Waals surface area contributed by atoms with Gasteiger partial charge in [-0.1, -0.05) is 18.0 Å². The van der Waals surface area contributed by atoms with Gasteiger partial charge in [0.1, 0.15) is 12.0 Å². The van der Waals surface area contributed by atoms with Gasteiger partial charge in [0.15, 0.2) is 5.15 Å². The number of aldehydes is 1. The molecule has 1 fully saturated rings. The average molecular weight is 386 g/mol. The zero-order chi connectivity index (χ0) is 19.2. The molecule has 3 aromatic rings. The second kappa shape index (κ2) is 9.02. The first kappa shape index (κ1) is 19.4. The summed E-state index contributed by atoms with van der Waals surface area (Å²) in [7, 11) is 3.81. The third-order valence-electron chi connectivity index (χ3n) is 4.69. The van der Waals surface area contributed by atoms with Crippen molar-refractivity contribution in [1.82, 2.24) is 14.7 Å². The monoisotopic (exact) mass is 385 g/mol. The fourth-order valence-electron chi connectivity index (χ4n) is 3.14. The highest BCUT2D eigenvalue weighted by Gasteiger charge is 2.11. The number of carbonyl (C=O) groups excluding carboxylic acids is 1. The van der Waals surface area contributed by atoms with Gasteiger partial charge in [-0.2, -0.15) is 5.10 Å². The van der Waals surface area contributed by atoms with Crippen LogP contribution in [0.5, 0.6) is 5.75 Å². The Balaban J connectivity index is 0.000000253. The molecule has 0 aliphatic carbocycles. The maximum atomic E-state index is 10.8. The summed E-state index contributed by atoms with van der Waals surface area (Å²) in [4.78, 5) is 13.2. The van der Waals surface area contributed by atoms with E-state index >= 15 is 0 Å². The molecule has 1 aliphatic heterocycles. The van der Waals surface area contributed by atoms with Crippen LogP contribution in [0.4, 0.5) is 0 Å². The summed E-state index contributed by atoms with van der Waals surface area (Å²) in [6.07, 6.45) is 5.07. The highest BCUT2D eigenvalue weighted by Crippen LogP contribution is 2.27. The fourth-order valence-corrected chi connectivity index (χ4v) is 3.37. The van der Waals surface area contributed by atoms with Gasteiger partial charge in [-0.15, -0.1) is 0 Å². The number of benzene rings is 2. The van der Waals surface area contributed by atoms with Crippen molar-refractivity contribution in [2.45, 2.75) is 19.3 Å². The van der Waals surface area contributed by atoms with Crippen LogP contribution in [0.25, 0.3) is 16.6 Å². The molecule has 0 bridgehead atoms. The maximum Gasteiger partial charge on any atom is 0.159 e. The van der Waals surface area contributed by atoms with E-state index in [1.54, 1.807) is 23.9 Å². The largest absolute Gasteiger partial charge is 0.497 e. The summed E-state index contributed by atoms with van der Waals surface area (Å²) in [5.41, 5.74) is 2.31. The highest BCUT2D eigenvalue weighted by molar-refractivity contribution is 6.34. The summed E-state index contributed by atoms with van der Waals surface area (Å²) in [5, 5.41) is 5.45. The van der Waals surface area contributed by atoms with E-state index in [0.717, 1.165) is 28.6 Å². The van der Waals surface area contributed by atoms with Crippen LogP contribution in [0.1, 0.15) is 29.6 Å². The van der Waals surface area contributed by atoms with E-state index < -0.39 is 0 Å². The first-order valence-corrected chi connectivity index (χ1v) is 9.46. The molecule has 0 amide bonds. The Labute approximate surface area is 164 Å². The molecule has 5 nitrogen and oxygen atoms in total. The quantitative estimate of drug-likeness (QED) is 0.618. The van der Waals surface area contributed by atoms with Crippen LogP contribution in [0.3, 0.4) is 0 Å². The van der Waals surface area contributed by atoms with Gasteiger partial charge in [-0.3, -0.25) is 4.79 Å². The summed E-state index contributed by atoms with van der Waals surface area (Å²) < 4.78 is 6.88. The van der Waals surface area contributed by atoms with E-state index in [0.29, 0.717) is 10.7 Å². The number of likely N-dealkylation sites (tertiary alicyclic amines) is 1. The van der Waals surface area contributed by atoms with E-state index in [1.807, 2.05) is 30.3 Å². The minimum Gasteiger partial charge on any atom is -0.497 e. The Kier molecular flexibility index (Phi) is 6.48. The first-order valence-electron chi connectivity index (χ1n) is 9.09. The Hall–Kier alpha value is -2.37. The molecule has 0 unspecified atom stereocenters. The number of methoxy groups -OCH3 is 1. The Morgan fingerprint density at radius 3 is 2.33 bits per heavy atom. The number of piperidine rings is 1. The molecule has 0 atom stereocenters. The van der Waals surface area contributed by atoms with Gasteiger partial charge < -0.3 is 9.64 Å². The lowest BCUT2D eigenvalue weighted by Crippen LogP contribution is -2.24. The predicted molar refractivity (Wildman–Crippen MR) is 109 cm³/mol. The highest BCUT2D eigenvalue weighted by atomic mass is 35.5. The lowest BCUT2D eigenvalue weighted by molar-refractivity contribution is 0.112. The van der Waals surface area contributed by atoms with Crippen LogP contribution < -0.4 is 4.74 Å². The Morgan fingerprint density at radius 1 is 1.07 bits per heavy atom. The molecular formula is C21H24ClN3O2. The summed E-state index contributed by atoms with van der Waals surface area (Å²) in [5.74, 6) is 0.777. The SMILES string of the molecule is CN1CCCCC1.COc1ccc(-n2nc(Cl)c3cc(C=O)ccc32)cc1. The number of halogens is 1. The number of hydrogen-bond donors (Lipinski definition) is 0. The van der Waals surface area contributed by atoms with E-state index in [1.165, 1.54) is 32.4 Å². The fraction of sp³-hybridized carbons (Fsp3) is 0.333. The van der Waals surface area contributed by atoms with Gasteiger partial charge in [0.05, 0.1) is 18.3 Å². The van der Waals surface area contributed by atoms with Crippen molar-refractivity contribution >= 4 is 28.8 Å². The lowest BCUT2D eigenvalue weighted by Gasteiger charge is -2.20. The van der Waals surface area contributed by atoms with Gasteiger partial charge in [-0.05, 0) is 75.4 Å². The van der Waals surface area contributed by atoms with E-state index in [9.17, 15) is 4.79 Å². The standard InChI is InChI=1S/C15H11ClN2O2.C6H13N/c1-20-12-5-3-11(4-6-12)18-14-7-2-10(9-19)8-13(14)15(16)17-18;1-7-5-3-2-4-6-7/h2-9H,1H3;2-6H2,1H3. The van der Waals surface area contributed by atoms with E-state index in [-0.39, 0.29) is 0 Å². The molecule has 4 rings (SSSR count). The average Bonchev–Trinajstić information content (AvgIpc) is 3.05. The van der Waals surface area contributed by atoms with Crippen molar-refractivity contribution in [2.24, 2.45) is 0 Å². The van der Waals surface area contributed by atoms with Gasteiger partial charge in [-0.25, -0.2) is 4.68 Å². The Morgan fingerprint density at radius 2 is 1.78 bits per heavy atom. The molecule has 0 N–H and O–H groups in total. The minimum atomic E-state index is 0.375. The Bertz CT molecular complexity index is 900. The van der Waals surface area contributed by atoms with Gasteiger partial charge in [0.25, 0.3) is 0 Å². The second-order valence-electron chi connectivity index (χ2n) is 6.66. The maximum absolute atomic E-state index is 10.8. The van der Waals surface area contributed by atoms with Crippen molar-refractivity contribution in [3.63, 3.8) is 0 Å². The molecule has 2 aromatic carbocycles. The molecule has 6 heteroatoms.